The van der Waals surface area contributed by atoms with Gasteiger partial charge >= 0.3 is 0 Å². The third-order valence-corrected chi connectivity index (χ3v) is 4.68. The van der Waals surface area contributed by atoms with Gasteiger partial charge in [-0.2, -0.15) is 11.8 Å². The topological polar surface area (TPSA) is 37.5 Å². The fourth-order valence-corrected chi connectivity index (χ4v) is 3.49. The lowest BCUT2D eigenvalue weighted by Crippen LogP contribution is -2.00. The molecule has 2 heterocycles. The van der Waals surface area contributed by atoms with E-state index in [2.05, 4.69) is 4.98 Å². The first kappa shape index (κ1) is 12.7. The summed E-state index contributed by atoms with van der Waals surface area (Å²) < 4.78 is 2.04. The summed E-state index contributed by atoms with van der Waals surface area (Å²) in [7, 11) is 0. The number of rotatable bonds is 5. The van der Waals surface area contributed by atoms with Crippen molar-refractivity contribution in [3.8, 4) is 0 Å². The number of thioether (sulfide) groups is 1. The Morgan fingerprint density at radius 3 is 2.95 bits per heavy atom. The van der Waals surface area contributed by atoms with Gasteiger partial charge in [-0.1, -0.05) is 30.3 Å². The second-order valence-corrected chi connectivity index (χ2v) is 6.17. The molecule has 0 saturated carbocycles. The van der Waals surface area contributed by atoms with Crippen LogP contribution in [0.15, 0.2) is 48.1 Å². The number of hydrogen-bond donors (Lipinski definition) is 1. The highest BCUT2D eigenvalue weighted by atomic mass is 32.2. The third kappa shape index (κ3) is 3.00. The van der Waals surface area contributed by atoms with E-state index in [0.717, 1.165) is 22.0 Å². The number of thiazole rings is 1. The molecule has 98 valence electrons. The molecule has 1 aromatic carbocycles. The van der Waals surface area contributed by atoms with Crippen molar-refractivity contribution in [2.24, 2.45) is 0 Å². The van der Waals surface area contributed by atoms with Crippen LogP contribution in [0, 0.1) is 0 Å². The van der Waals surface area contributed by atoms with Crippen LogP contribution >= 0.6 is 23.1 Å². The van der Waals surface area contributed by atoms with Gasteiger partial charge in [-0.25, -0.2) is 4.98 Å². The van der Waals surface area contributed by atoms with E-state index in [9.17, 15) is 5.11 Å². The van der Waals surface area contributed by atoms with Crippen molar-refractivity contribution in [3.05, 3.63) is 59.4 Å². The summed E-state index contributed by atoms with van der Waals surface area (Å²) in [6.45, 7) is 0. The molecule has 0 radical (unpaired) electrons. The van der Waals surface area contributed by atoms with Crippen LogP contribution in [0.1, 0.15) is 17.4 Å². The third-order valence-electron chi connectivity index (χ3n) is 2.85. The Morgan fingerprint density at radius 2 is 2.16 bits per heavy atom. The van der Waals surface area contributed by atoms with Crippen molar-refractivity contribution >= 4 is 28.1 Å². The number of hydrogen-bond acceptors (Lipinski definition) is 4. The van der Waals surface area contributed by atoms with E-state index < -0.39 is 6.10 Å². The van der Waals surface area contributed by atoms with E-state index in [0.29, 0.717) is 5.75 Å². The molecule has 0 amide bonds. The minimum atomic E-state index is -0.407. The molecule has 0 saturated heterocycles. The molecule has 3 nitrogen and oxygen atoms in total. The lowest BCUT2D eigenvalue weighted by molar-refractivity contribution is 0.204. The Kier molecular flexibility index (Phi) is 3.87. The first-order valence-electron chi connectivity index (χ1n) is 6.05. The molecule has 0 bridgehead atoms. The van der Waals surface area contributed by atoms with E-state index in [1.807, 2.05) is 52.5 Å². The van der Waals surface area contributed by atoms with Crippen molar-refractivity contribution in [2.75, 3.05) is 5.75 Å². The predicted molar refractivity (Wildman–Crippen MR) is 80.6 cm³/mol. The monoisotopic (exact) mass is 290 g/mol. The number of aliphatic hydroxyl groups is 1. The van der Waals surface area contributed by atoms with Crippen LogP contribution in [-0.4, -0.2) is 20.2 Å². The van der Waals surface area contributed by atoms with Gasteiger partial charge < -0.3 is 5.11 Å². The number of imidazole rings is 1. The highest BCUT2D eigenvalue weighted by molar-refractivity contribution is 7.98. The van der Waals surface area contributed by atoms with Crippen molar-refractivity contribution < 1.29 is 5.11 Å². The van der Waals surface area contributed by atoms with Crippen molar-refractivity contribution in [3.63, 3.8) is 0 Å². The van der Waals surface area contributed by atoms with E-state index >= 15 is 0 Å². The number of nitrogens with zero attached hydrogens (tertiary/aromatic N) is 2. The zero-order valence-corrected chi connectivity index (χ0v) is 11.9. The van der Waals surface area contributed by atoms with E-state index in [-0.39, 0.29) is 0 Å². The molecule has 1 unspecified atom stereocenters. The average molecular weight is 290 g/mol. The first-order chi connectivity index (χ1) is 9.33. The quantitative estimate of drug-likeness (QED) is 0.783. The lowest BCUT2D eigenvalue weighted by atomic mass is 10.1. The Morgan fingerprint density at radius 1 is 1.32 bits per heavy atom. The van der Waals surface area contributed by atoms with E-state index in [1.165, 1.54) is 0 Å². The summed E-state index contributed by atoms with van der Waals surface area (Å²) in [5.41, 5.74) is 2.04. The zero-order chi connectivity index (χ0) is 13.1. The fraction of sp³-hybridized carbons (Fsp3) is 0.214. The molecular weight excluding hydrogens is 276 g/mol. The SMILES string of the molecule is OC(CSCc1cn2ccsc2n1)c1ccccc1. The maximum Gasteiger partial charge on any atom is 0.193 e. The van der Waals surface area contributed by atoms with Gasteiger partial charge in [0, 0.05) is 29.3 Å². The number of aromatic nitrogens is 2. The molecule has 2 aromatic heterocycles. The second kappa shape index (κ2) is 5.77. The van der Waals surface area contributed by atoms with Gasteiger partial charge in [0.1, 0.15) is 0 Å². The summed E-state index contributed by atoms with van der Waals surface area (Å²) in [5.74, 6) is 1.52. The maximum atomic E-state index is 10.1. The molecule has 0 fully saturated rings. The Balaban J connectivity index is 1.54. The maximum absolute atomic E-state index is 10.1. The first-order valence-corrected chi connectivity index (χ1v) is 8.08. The fourth-order valence-electron chi connectivity index (χ4n) is 1.89. The molecule has 0 aliphatic carbocycles. The molecule has 3 rings (SSSR count). The van der Waals surface area contributed by atoms with Crippen molar-refractivity contribution in [1.82, 2.24) is 9.38 Å². The molecule has 0 aliphatic heterocycles. The normalized spacial score (nSPS) is 12.9. The summed E-state index contributed by atoms with van der Waals surface area (Å²) in [5, 5.41) is 12.1. The van der Waals surface area contributed by atoms with E-state index in [4.69, 9.17) is 0 Å². The van der Waals surface area contributed by atoms with Crippen molar-refractivity contribution in [1.29, 1.82) is 0 Å². The van der Waals surface area contributed by atoms with Crippen LogP contribution in [0.25, 0.3) is 4.96 Å². The second-order valence-electron chi connectivity index (χ2n) is 4.27. The smallest absolute Gasteiger partial charge is 0.193 e. The van der Waals surface area contributed by atoms with E-state index in [1.54, 1.807) is 23.1 Å². The molecule has 5 heteroatoms. The Hall–Kier alpha value is -1.30. The molecule has 1 N–H and O–H groups in total. The van der Waals surface area contributed by atoms with Crippen LogP contribution in [0.2, 0.25) is 0 Å². The Labute approximate surface area is 119 Å². The molecular formula is C14H14N2OS2. The van der Waals surface area contributed by atoms with Crippen LogP contribution in [0.5, 0.6) is 0 Å². The number of aliphatic hydroxyl groups excluding tert-OH is 1. The number of fused-ring (bicyclic) bond motifs is 1. The lowest BCUT2D eigenvalue weighted by Gasteiger charge is -2.09. The Bertz CT molecular complexity index is 619. The molecule has 1 atom stereocenters. The van der Waals surface area contributed by atoms with Gasteiger partial charge in [0.25, 0.3) is 0 Å². The summed E-state index contributed by atoms with van der Waals surface area (Å²) in [4.78, 5) is 5.55. The minimum Gasteiger partial charge on any atom is -0.388 e. The van der Waals surface area contributed by atoms with Crippen LogP contribution in [-0.2, 0) is 5.75 Å². The largest absolute Gasteiger partial charge is 0.388 e. The van der Waals surface area contributed by atoms with Gasteiger partial charge in [-0.3, -0.25) is 4.40 Å². The summed E-state index contributed by atoms with van der Waals surface area (Å²) >= 11 is 3.34. The standard InChI is InChI=1S/C14H14N2OS2/c17-13(11-4-2-1-3-5-11)10-18-9-12-8-16-6-7-19-14(16)15-12/h1-8,13,17H,9-10H2. The minimum absolute atomic E-state index is 0.407. The van der Waals surface area contributed by atoms with Crippen LogP contribution in [0.3, 0.4) is 0 Å². The zero-order valence-electron chi connectivity index (χ0n) is 10.3. The highest BCUT2D eigenvalue weighted by Crippen LogP contribution is 2.21. The van der Waals surface area contributed by atoms with Gasteiger partial charge in [0.15, 0.2) is 4.96 Å². The van der Waals surface area contributed by atoms with Gasteiger partial charge in [0.05, 0.1) is 11.8 Å². The molecule has 19 heavy (non-hydrogen) atoms. The van der Waals surface area contributed by atoms with Gasteiger partial charge in [0.2, 0.25) is 0 Å². The summed E-state index contributed by atoms with van der Waals surface area (Å²) in [6, 6.07) is 9.77. The van der Waals surface area contributed by atoms with Gasteiger partial charge in [-0.15, -0.1) is 11.3 Å². The average Bonchev–Trinajstić information content (AvgIpc) is 3.00. The molecule has 3 aromatic rings. The molecule has 0 aliphatic rings. The number of benzene rings is 1. The van der Waals surface area contributed by atoms with Gasteiger partial charge in [-0.05, 0) is 5.56 Å². The van der Waals surface area contributed by atoms with Crippen molar-refractivity contribution in [2.45, 2.75) is 11.9 Å². The predicted octanol–water partition coefficient (Wildman–Crippen LogP) is 3.36. The van der Waals surface area contributed by atoms with Crippen LogP contribution in [0.4, 0.5) is 0 Å². The highest BCUT2D eigenvalue weighted by Gasteiger charge is 2.08. The molecule has 0 spiro atoms. The summed E-state index contributed by atoms with van der Waals surface area (Å²) in [6.07, 6.45) is 3.66. The van der Waals surface area contributed by atoms with Crippen LogP contribution < -0.4 is 0 Å².